The molecule has 0 aliphatic rings. The Balaban J connectivity index is 3.89. The van der Waals surface area contributed by atoms with E-state index in [4.69, 9.17) is 18.4 Å². The summed E-state index contributed by atoms with van der Waals surface area (Å²) in [5.41, 5.74) is -0.426. The molecular formula is C15H34NO5S+. The van der Waals surface area contributed by atoms with Gasteiger partial charge in [-0.3, -0.25) is 4.79 Å². The van der Waals surface area contributed by atoms with Crippen molar-refractivity contribution in [3.05, 3.63) is 0 Å². The van der Waals surface area contributed by atoms with E-state index in [0.717, 1.165) is 36.8 Å². The number of carbonyl (C=O) groups excluding carboxylic acids is 1. The largest absolute Gasteiger partial charge is 0.459 e. The second kappa shape index (κ2) is 9.08. The van der Waals surface area contributed by atoms with Crippen LogP contribution in [0.1, 0.15) is 46.5 Å². The molecule has 0 spiro atoms. The number of carbonyl (C=O) groups is 1. The van der Waals surface area contributed by atoms with Crippen LogP contribution in [0.25, 0.3) is 0 Å². The van der Waals surface area contributed by atoms with Gasteiger partial charge in [0, 0.05) is 5.75 Å². The number of hydrogen-bond donors (Lipinski definition) is 3. The lowest BCUT2D eigenvalue weighted by atomic mass is 9.91. The van der Waals surface area contributed by atoms with Gasteiger partial charge < -0.3 is 22.9 Å². The first kappa shape index (κ1) is 21.7. The van der Waals surface area contributed by atoms with E-state index in [1.165, 1.54) is 0 Å². The van der Waals surface area contributed by atoms with Crippen molar-refractivity contribution >= 4 is 16.8 Å². The maximum atomic E-state index is 11.9. The van der Waals surface area contributed by atoms with Crippen LogP contribution in [0.5, 0.6) is 0 Å². The molecule has 0 saturated heterocycles. The zero-order valence-corrected chi connectivity index (χ0v) is 15.5. The second-order valence-electron chi connectivity index (χ2n) is 7.15. The predicted molar refractivity (Wildman–Crippen MR) is 91.1 cm³/mol. The molecule has 0 aliphatic carbocycles. The van der Waals surface area contributed by atoms with E-state index >= 15 is 0 Å². The summed E-state index contributed by atoms with van der Waals surface area (Å²) >= 11 is 0. The number of likely N-dealkylation sites (N-methyl/N-ethyl adjacent to an activating group) is 1. The summed E-state index contributed by atoms with van der Waals surface area (Å²) in [5, 5.41) is 0. The van der Waals surface area contributed by atoms with Crippen molar-refractivity contribution in [2.24, 2.45) is 5.41 Å². The molecule has 0 amide bonds. The van der Waals surface area contributed by atoms with Crippen molar-refractivity contribution in [2.75, 3.05) is 39.5 Å². The van der Waals surface area contributed by atoms with Gasteiger partial charge in [-0.05, 0) is 39.5 Å². The molecule has 0 aromatic heterocycles. The fourth-order valence-electron chi connectivity index (χ4n) is 1.85. The van der Waals surface area contributed by atoms with Gasteiger partial charge in [0.1, 0.15) is 13.2 Å². The van der Waals surface area contributed by atoms with Gasteiger partial charge in [0.15, 0.2) is 0 Å². The predicted octanol–water partition coefficient (Wildman–Crippen LogP) is 3.44. The lowest BCUT2D eigenvalue weighted by molar-refractivity contribution is -0.890. The lowest BCUT2D eigenvalue weighted by Crippen LogP contribution is -2.43. The van der Waals surface area contributed by atoms with Crippen molar-refractivity contribution in [2.45, 2.75) is 46.5 Å². The molecule has 0 rings (SSSR count). The minimum absolute atomic E-state index is 0.0458. The number of ether oxygens (including phenoxy) is 1. The fourth-order valence-corrected chi connectivity index (χ4v) is 2.44. The Morgan fingerprint density at radius 1 is 1.09 bits per heavy atom. The van der Waals surface area contributed by atoms with E-state index in [9.17, 15) is 4.79 Å². The molecule has 0 radical (unpaired) electrons. The Morgan fingerprint density at radius 2 is 1.68 bits per heavy atom. The first-order valence-corrected chi connectivity index (χ1v) is 9.54. The van der Waals surface area contributed by atoms with Crippen molar-refractivity contribution in [1.82, 2.24) is 0 Å². The first-order chi connectivity index (χ1) is 9.90. The number of quaternary nitrogens is 1. The topological polar surface area (TPSA) is 87.0 Å². The average Bonchev–Trinajstić information content (AvgIpc) is 2.36. The van der Waals surface area contributed by atoms with E-state index in [2.05, 4.69) is 14.1 Å². The third-order valence-corrected chi connectivity index (χ3v) is 4.88. The number of hydrogen-bond acceptors (Lipinski definition) is 5. The lowest BCUT2D eigenvalue weighted by Gasteiger charge is -2.30. The Labute approximate surface area is 136 Å². The van der Waals surface area contributed by atoms with Gasteiger partial charge in [-0.15, -0.1) is 0 Å². The molecule has 0 aliphatic heterocycles. The molecule has 0 saturated carbocycles. The van der Waals surface area contributed by atoms with E-state index in [1.54, 1.807) is 0 Å². The van der Waals surface area contributed by atoms with E-state index in [-0.39, 0.29) is 11.7 Å². The number of unbranched alkanes of at least 4 members (excludes halogenated alkanes) is 2. The standard InChI is InChI=1S/C15H33NO5S/c1-6-15(2,3)14(17)21-12-11-16(4,5)10-8-7-9-13-22(18,19)20/h6-13H2,1-5H3,(H2-,18,19,20)/p+1. The van der Waals surface area contributed by atoms with Gasteiger partial charge in [-0.1, -0.05) is 6.92 Å². The Kier molecular flexibility index (Phi) is 8.94. The van der Waals surface area contributed by atoms with Crippen molar-refractivity contribution in [1.29, 1.82) is 0 Å². The monoisotopic (exact) mass is 340 g/mol. The van der Waals surface area contributed by atoms with Crippen LogP contribution in [0.15, 0.2) is 0 Å². The third kappa shape index (κ3) is 10.4. The van der Waals surface area contributed by atoms with Crippen LogP contribution in [0.3, 0.4) is 0 Å². The van der Waals surface area contributed by atoms with Crippen LogP contribution in [0.2, 0.25) is 0 Å². The molecule has 7 heteroatoms. The number of esters is 1. The summed E-state index contributed by atoms with van der Waals surface area (Å²) in [6.45, 7) is 7.83. The summed E-state index contributed by atoms with van der Waals surface area (Å²) < 4.78 is 32.7. The molecule has 0 atom stereocenters. The molecule has 0 aromatic carbocycles. The van der Waals surface area contributed by atoms with Crippen LogP contribution < -0.4 is 0 Å². The van der Waals surface area contributed by atoms with Gasteiger partial charge >= 0.3 is 5.97 Å². The van der Waals surface area contributed by atoms with Crippen molar-refractivity contribution < 1.29 is 27.7 Å². The molecule has 0 unspecified atom stereocenters. The maximum Gasteiger partial charge on any atom is 0.311 e. The van der Waals surface area contributed by atoms with Gasteiger partial charge in [0.05, 0.1) is 36.9 Å². The molecular weight excluding hydrogens is 306 g/mol. The molecule has 3 N–H and O–H groups in total. The highest BCUT2D eigenvalue weighted by atomic mass is 32.3. The molecule has 22 heavy (non-hydrogen) atoms. The molecule has 0 aromatic rings. The van der Waals surface area contributed by atoms with Crippen LogP contribution in [-0.4, -0.2) is 63.7 Å². The van der Waals surface area contributed by atoms with E-state index in [0.29, 0.717) is 13.0 Å². The van der Waals surface area contributed by atoms with Crippen LogP contribution in [0, 0.1) is 5.41 Å². The highest BCUT2D eigenvalue weighted by molar-refractivity contribution is 8.19. The molecule has 134 valence electrons. The third-order valence-electron chi connectivity index (χ3n) is 4.05. The summed E-state index contributed by atoms with van der Waals surface area (Å²) in [4.78, 5) is 11.9. The zero-order chi connectivity index (χ0) is 17.4. The summed E-state index contributed by atoms with van der Waals surface area (Å²) in [7, 11) is 0.821. The van der Waals surface area contributed by atoms with E-state index < -0.39 is 16.3 Å². The fraction of sp³-hybridized carbons (Fsp3) is 0.933. The minimum atomic E-state index is -3.34. The number of rotatable bonds is 11. The highest BCUT2D eigenvalue weighted by Crippen LogP contribution is 2.33. The molecule has 6 nitrogen and oxygen atoms in total. The SMILES string of the molecule is CCC(C)(C)C(=O)OCC[N+](C)(C)CCCCCS(O)(O)O. The zero-order valence-electron chi connectivity index (χ0n) is 14.7. The quantitative estimate of drug-likeness (QED) is 0.305. The highest BCUT2D eigenvalue weighted by Gasteiger charge is 2.27. The van der Waals surface area contributed by atoms with Gasteiger partial charge in [-0.2, -0.15) is 0 Å². The maximum absolute atomic E-state index is 11.9. The number of nitrogens with zero attached hydrogens (tertiary/aromatic N) is 1. The van der Waals surface area contributed by atoms with Gasteiger partial charge in [-0.25, -0.2) is 0 Å². The summed E-state index contributed by atoms with van der Waals surface area (Å²) in [5.74, 6) is -0.104. The Morgan fingerprint density at radius 3 is 2.18 bits per heavy atom. The van der Waals surface area contributed by atoms with Crippen LogP contribution >= 0.6 is 10.9 Å². The molecule has 0 heterocycles. The molecule has 0 bridgehead atoms. The van der Waals surface area contributed by atoms with Crippen LogP contribution in [0.4, 0.5) is 0 Å². The van der Waals surface area contributed by atoms with E-state index in [1.807, 2.05) is 20.8 Å². The van der Waals surface area contributed by atoms with Gasteiger partial charge in [0.25, 0.3) is 0 Å². The van der Waals surface area contributed by atoms with Crippen molar-refractivity contribution in [3.63, 3.8) is 0 Å². The van der Waals surface area contributed by atoms with Crippen molar-refractivity contribution in [3.8, 4) is 0 Å². The normalized spacial score (nSPS) is 14.0. The Bertz CT molecular complexity index is 339. The summed E-state index contributed by atoms with van der Waals surface area (Å²) in [6, 6.07) is 0. The van der Waals surface area contributed by atoms with Crippen LogP contribution in [-0.2, 0) is 9.53 Å². The molecule has 0 fully saturated rings. The summed E-state index contributed by atoms with van der Waals surface area (Å²) in [6.07, 6.45) is 3.12. The smallest absolute Gasteiger partial charge is 0.311 e. The Hall–Kier alpha value is -0.340. The second-order valence-corrected chi connectivity index (χ2v) is 8.83. The average molecular weight is 341 g/mol. The van der Waals surface area contributed by atoms with Gasteiger partial charge in [0.2, 0.25) is 0 Å². The minimum Gasteiger partial charge on any atom is -0.459 e. The first-order valence-electron chi connectivity index (χ1n) is 7.87.